The third-order valence-corrected chi connectivity index (χ3v) is 8.48. The molecular weight excluding hydrogens is 509 g/mol. The first kappa shape index (κ1) is 27.4. The van der Waals surface area contributed by atoms with Crippen LogP contribution in [0.1, 0.15) is 73.9 Å². The minimum absolute atomic E-state index is 0.0847. The second-order valence-electron chi connectivity index (χ2n) is 9.71. The van der Waals surface area contributed by atoms with Gasteiger partial charge < -0.3 is 11.1 Å². The van der Waals surface area contributed by atoms with E-state index in [0.717, 1.165) is 25.0 Å². The van der Waals surface area contributed by atoms with Crippen molar-refractivity contribution in [3.63, 3.8) is 0 Å². The summed E-state index contributed by atoms with van der Waals surface area (Å²) in [6, 6.07) is 8.26. The van der Waals surface area contributed by atoms with Gasteiger partial charge in [0.15, 0.2) is 11.6 Å². The molecule has 4 rings (SSSR count). The lowest BCUT2D eigenvalue weighted by Gasteiger charge is -2.41. The quantitative estimate of drug-likeness (QED) is 0.355. The molecule has 2 aromatic carbocycles. The molecule has 0 saturated carbocycles. The van der Waals surface area contributed by atoms with Crippen molar-refractivity contribution in [2.24, 2.45) is 16.0 Å². The second kappa shape index (κ2) is 10.6. The van der Waals surface area contributed by atoms with Gasteiger partial charge in [0.25, 0.3) is 10.0 Å². The van der Waals surface area contributed by atoms with Crippen LogP contribution in [0.5, 0.6) is 0 Å². The maximum absolute atomic E-state index is 14.3. The van der Waals surface area contributed by atoms with Crippen molar-refractivity contribution in [3.05, 3.63) is 65.0 Å². The molecule has 1 aliphatic carbocycles. The fraction of sp³-hybridized carbons (Fsp3) is 0.357. The van der Waals surface area contributed by atoms with Crippen molar-refractivity contribution in [2.75, 3.05) is 5.32 Å². The number of halogens is 1. The van der Waals surface area contributed by atoms with Gasteiger partial charge in [0.05, 0.1) is 11.1 Å². The van der Waals surface area contributed by atoms with E-state index in [-0.39, 0.29) is 22.0 Å². The first-order valence-corrected chi connectivity index (χ1v) is 14.1. The number of benzene rings is 2. The average molecular weight is 540 g/mol. The third kappa shape index (κ3) is 4.92. The zero-order chi connectivity index (χ0) is 27.7. The number of carbonyl (C=O) groups excluding carboxylic acids is 3. The predicted octanol–water partition coefficient (Wildman–Crippen LogP) is 4.54. The maximum Gasteiger partial charge on any atom is 0.286 e. The van der Waals surface area contributed by atoms with E-state index in [1.54, 1.807) is 6.07 Å². The minimum atomic E-state index is -4.31. The number of Topliss-reactive ketones (excluding diaryl/α,β-unsaturated/α-hetero) is 2. The van der Waals surface area contributed by atoms with Crippen molar-refractivity contribution in [1.82, 2.24) is 0 Å². The Kier molecular flexibility index (Phi) is 7.64. The van der Waals surface area contributed by atoms with Gasteiger partial charge in [-0.1, -0.05) is 51.7 Å². The smallest absolute Gasteiger partial charge is 0.286 e. The number of nitrogens with two attached hydrogens (primary N) is 1. The molecule has 0 bridgehead atoms. The van der Waals surface area contributed by atoms with E-state index in [0.29, 0.717) is 36.8 Å². The molecule has 2 aromatic rings. The largest absolute Gasteiger partial charge is 0.366 e. The summed E-state index contributed by atoms with van der Waals surface area (Å²) < 4.78 is 44.6. The van der Waals surface area contributed by atoms with Crippen LogP contribution in [0.4, 0.5) is 10.1 Å². The molecule has 0 saturated heterocycles. The molecule has 38 heavy (non-hydrogen) atoms. The SMILES string of the molecule is CCCCC1(CCCC)C(=O)C(C2=NS(=O)(=O)c3cc(C=CC(N)=O)ccc3N2)C(=O)c2cc(F)ccc21. The van der Waals surface area contributed by atoms with Crippen molar-refractivity contribution in [2.45, 2.75) is 62.7 Å². The van der Waals surface area contributed by atoms with E-state index in [4.69, 9.17) is 5.73 Å². The maximum atomic E-state index is 14.3. The van der Waals surface area contributed by atoms with Gasteiger partial charge in [-0.15, -0.1) is 4.40 Å². The summed E-state index contributed by atoms with van der Waals surface area (Å²) in [7, 11) is -4.31. The van der Waals surface area contributed by atoms with E-state index in [1.807, 2.05) is 13.8 Å². The molecule has 200 valence electrons. The Bertz CT molecular complexity index is 1470. The Hall–Kier alpha value is -3.66. The number of hydrogen-bond acceptors (Lipinski definition) is 6. The molecule has 0 aromatic heterocycles. The monoisotopic (exact) mass is 539 g/mol. The van der Waals surface area contributed by atoms with E-state index in [2.05, 4.69) is 9.71 Å². The van der Waals surface area contributed by atoms with Gasteiger partial charge in [-0.2, -0.15) is 8.42 Å². The first-order valence-electron chi connectivity index (χ1n) is 12.7. The lowest BCUT2D eigenvalue weighted by Crippen LogP contribution is -2.52. The van der Waals surface area contributed by atoms with Crippen LogP contribution in [-0.4, -0.2) is 31.7 Å². The summed E-state index contributed by atoms with van der Waals surface area (Å²) in [5, 5.41) is 2.89. The highest BCUT2D eigenvalue weighted by Gasteiger charge is 2.53. The van der Waals surface area contributed by atoms with Crippen LogP contribution in [0, 0.1) is 11.7 Å². The number of anilines is 1. The minimum Gasteiger partial charge on any atom is -0.366 e. The molecule has 3 N–H and O–H groups in total. The number of nitrogens with zero attached hydrogens (tertiary/aromatic N) is 1. The molecule has 1 amide bonds. The Morgan fingerprint density at radius 3 is 2.42 bits per heavy atom. The zero-order valence-corrected chi connectivity index (χ0v) is 22.1. The van der Waals surface area contributed by atoms with Gasteiger partial charge in [0, 0.05) is 11.6 Å². The molecule has 8 nitrogen and oxygen atoms in total. The normalized spacial score (nSPS) is 19.4. The fourth-order valence-corrected chi connectivity index (χ4v) is 6.46. The molecule has 1 atom stereocenters. The summed E-state index contributed by atoms with van der Waals surface area (Å²) in [4.78, 5) is 38.8. The van der Waals surface area contributed by atoms with Crippen molar-refractivity contribution < 1.29 is 27.2 Å². The van der Waals surface area contributed by atoms with Crippen molar-refractivity contribution in [3.8, 4) is 0 Å². The molecule has 0 fully saturated rings. The number of amidine groups is 1. The van der Waals surface area contributed by atoms with E-state index < -0.39 is 44.6 Å². The van der Waals surface area contributed by atoms with Crippen LogP contribution in [0.3, 0.4) is 0 Å². The summed E-state index contributed by atoms with van der Waals surface area (Å²) >= 11 is 0. The standard InChI is InChI=1S/C28H30FN3O5S/c1-3-5-13-28(14-6-4-2)20-10-9-18(29)16-19(20)25(34)24(26(28)35)27-31-21-11-7-17(8-12-23(30)33)15-22(21)38(36,37)32-27/h7-12,15-16,24H,3-6,13-14H2,1-2H3,(H2,30,33)(H,31,32). The van der Waals surface area contributed by atoms with Crippen LogP contribution in [0.2, 0.25) is 0 Å². The zero-order valence-electron chi connectivity index (χ0n) is 21.3. The molecule has 1 heterocycles. The van der Waals surface area contributed by atoms with Crippen molar-refractivity contribution in [1.29, 1.82) is 0 Å². The Labute approximate surface area is 221 Å². The Morgan fingerprint density at radius 1 is 1.11 bits per heavy atom. The fourth-order valence-electron chi connectivity index (χ4n) is 5.27. The predicted molar refractivity (Wildman–Crippen MR) is 143 cm³/mol. The highest BCUT2D eigenvalue weighted by Crippen LogP contribution is 2.46. The molecule has 10 heteroatoms. The number of nitrogens with one attached hydrogen (secondary N) is 1. The van der Waals surface area contributed by atoms with E-state index >= 15 is 0 Å². The van der Waals surface area contributed by atoms with E-state index in [9.17, 15) is 27.2 Å². The number of fused-ring (bicyclic) bond motifs is 2. The summed E-state index contributed by atoms with van der Waals surface area (Å²) in [6.45, 7) is 4.00. The first-order chi connectivity index (χ1) is 18.0. The summed E-state index contributed by atoms with van der Waals surface area (Å²) in [6.07, 6.45) is 6.40. The number of sulfonamides is 1. The molecule has 0 spiro atoms. The molecular formula is C28H30FN3O5S. The van der Waals surface area contributed by atoms with Crippen molar-refractivity contribution >= 4 is 45.1 Å². The number of hydrogen-bond donors (Lipinski definition) is 2. The number of ketones is 2. The van der Waals surface area contributed by atoms with Crippen LogP contribution in [-0.2, 0) is 25.0 Å². The molecule has 0 radical (unpaired) electrons. The highest BCUT2D eigenvalue weighted by molar-refractivity contribution is 7.90. The van der Waals surface area contributed by atoms with Crippen LogP contribution in [0.15, 0.2) is 51.8 Å². The van der Waals surface area contributed by atoms with Gasteiger partial charge in [0.1, 0.15) is 22.5 Å². The molecule has 2 aliphatic rings. The summed E-state index contributed by atoms with van der Waals surface area (Å²) in [5.41, 5.74) is 5.18. The topological polar surface area (TPSA) is 136 Å². The highest BCUT2D eigenvalue weighted by atomic mass is 32.2. The van der Waals surface area contributed by atoms with Gasteiger partial charge in [-0.05, 0) is 54.3 Å². The summed E-state index contributed by atoms with van der Waals surface area (Å²) in [5.74, 6) is -4.22. The van der Waals surface area contributed by atoms with E-state index in [1.165, 1.54) is 30.3 Å². The number of carbonyl (C=O) groups is 3. The lowest BCUT2D eigenvalue weighted by molar-refractivity contribution is -0.126. The van der Waals surface area contributed by atoms with Gasteiger partial charge >= 0.3 is 0 Å². The van der Waals surface area contributed by atoms with Gasteiger partial charge in [0.2, 0.25) is 5.91 Å². The Balaban J connectivity index is 1.85. The Morgan fingerprint density at radius 2 is 1.79 bits per heavy atom. The number of amides is 1. The van der Waals surface area contributed by atoms with Crippen LogP contribution in [0.25, 0.3) is 6.08 Å². The number of rotatable bonds is 9. The van der Waals surface area contributed by atoms with Gasteiger partial charge in [-0.3, -0.25) is 14.4 Å². The lowest BCUT2D eigenvalue weighted by atomic mass is 9.60. The van der Waals surface area contributed by atoms with Crippen LogP contribution >= 0.6 is 0 Å². The number of primary amides is 1. The number of unbranched alkanes of at least 4 members (excludes halogenated alkanes) is 2. The average Bonchev–Trinajstić information content (AvgIpc) is 2.87. The molecule has 1 unspecified atom stereocenters. The van der Waals surface area contributed by atoms with Crippen LogP contribution < -0.4 is 11.1 Å². The van der Waals surface area contributed by atoms with Gasteiger partial charge in [-0.25, -0.2) is 4.39 Å². The second-order valence-corrected chi connectivity index (χ2v) is 11.3. The molecule has 1 aliphatic heterocycles. The third-order valence-electron chi connectivity index (χ3n) is 7.15.